The maximum absolute atomic E-state index is 12.8. The van der Waals surface area contributed by atoms with Gasteiger partial charge in [0.25, 0.3) is 0 Å². The summed E-state index contributed by atoms with van der Waals surface area (Å²) >= 11 is 1.53. The minimum atomic E-state index is -1.07. The number of imide groups is 1. The Labute approximate surface area is 133 Å². The Hall–Kier alpha value is -1.30. The van der Waals surface area contributed by atoms with Gasteiger partial charge in [-0.05, 0) is 48.5 Å². The minimum absolute atomic E-state index is 0.149. The van der Waals surface area contributed by atoms with Crippen molar-refractivity contribution < 1.29 is 19.5 Å². The number of carbonyl (C=O) groups excluding carboxylic acids is 2. The molecular weight excluding hydrogens is 302 g/mol. The molecule has 0 aromatic rings. The highest BCUT2D eigenvalue weighted by atomic mass is 32.2. The molecule has 1 saturated heterocycles. The fourth-order valence-electron chi connectivity index (χ4n) is 4.88. The van der Waals surface area contributed by atoms with E-state index in [9.17, 15) is 19.5 Å². The second-order valence-electron chi connectivity index (χ2n) is 6.84. The molecule has 0 aromatic heterocycles. The third-order valence-corrected chi connectivity index (χ3v) is 6.53. The van der Waals surface area contributed by atoms with Gasteiger partial charge in [-0.25, -0.2) is 4.79 Å². The van der Waals surface area contributed by atoms with Crippen molar-refractivity contribution in [1.29, 1.82) is 0 Å². The summed E-state index contributed by atoms with van der Waals surface area (Å²) in [6.45, 7) is 0. The van der Waals surface area contributed by atoms with Crippen LogP contribution in [0.2, 0.25) is 0 Å². The average Bonchev–Trinajstić information content (AvgIpc) is 3.27. The Morgan fingerprint density at radius 2 is 1.82 bits per heavy atom. The van der Waals surface area contributed by atoms with Crippen LogP contribution < -0.4 is 0 Å². The maximum atomic E-state index is 12.8. The van der Waals surface area contributed by atoms with Crippen LogP contribution in [-0.2, 0) is 14.4 Å². The van der Waals surface area contributed by atoms with E-state index in [1.165, 1.54) is 11.8 Å². The Morgan fingerprint density at radius 3 is 2.27 bits per heavy atom. The summed E-state index contributed by atoms with van der Waals surface area (Å²) < 4.78 is 0. The molecule has 0 radical (unpaired) electrons. The molecule has 1 N–H and O–H groups in total. The lowest BCUT2D eigenvalue weighted by Crippen LogP contribution is -2.46. The Balaban J connectivity index is 1.65. The highest BCUT2D eigenvalue weighted by Gasteiger charge is 2.67. The summed E-state index contributed by atoms with van der Waals surface area (Å²) in [6, 6.07) is -1.01. The largest absolute Gasteiger partial charge is 0.480 e. The molecular formula is C16H19NO4S. The standard InChI is InChI=1S/C16H19NO4S/c1-22-5-4-11(16(20)21)17-14(18)12-7-2-3-8(10-6-9(7)10)13(12)15(17)19/h2-3,7-13H,4-6H2,1H3,(H,20,21)/t7-,8-,9-,10-,11+,12+,13+/m0/s1. The molecule has 0 unspecified atom stereocenters. The highest BCUT2D eigenvalue weighted by Crippen LogP contribution is 2.65. The molecule has 7 atom stereocenters. The lowest BCUT2D eigenvalue weighted by molar-refractivity contribution is -0.155. The molecule has 2 saturated carbocycles. The van der Waals surface area contributed by atoms with Gasteiger partial charge in [-0.15, -0.1) is 0 Å². The van der Waals surface area contributed by atoms with E-state index in [0.717, 1.165) is 11.3 Å². The summed E-state index contributed by atoms with van der Waals surface area (Å²) in [6.07, 6.45) is 7.54. The quantitative estimate of drug-likeness (QED) is 0.609. The number of allylic oxidation sites excluding steroid dienone is 2. The summed E-state index contributed by atoms with van der Waals surface area (Å²) in [4.78, 5) is 38.3. The van der Waals surface area contributed by atoms with Gasteiger partial charge in [-0.3, -0.25) is 14.5 Å². The van der Waals surface area contributed by atoms with Gasteiger partial charge in [0.2, 0.25) is 11.8 Å². The molecule has 4 aliphatic carbocycles. The van der Waals surface area contributed by atoms with Crippen molar-refractivity contribution >= 4 is 29.5 Å². The Kier molecular flexibility index (Phi) is 3.15. The first-order valence-electron chi connectivity index (χ1n) is 7.83. The number of hydrogen-bond acceptors (Lipinski definition) is 4. The van der Waals surface area contributed by atoms with Crippen LogP contribution in [0.15, 0.2) is 12.2 Å². The van der Waals surface area contributed by atoms with Crippen LogP contribution in [0.5, 0.6) is 0 Å². The molecule has 3 fully saturated rings. The lowest BCUT2D eigenvalue weighted by atomic mass is 9.63. The number of carbonyl (C=O) groups is 3. The van der Waals surface area contributed by atoms with Gasteiger partial charge >= 0.3 is 5.97 Å². The number of thioether (sulfide) groups is 1. The van der Waals surface area contributed by atoms with Crippen LogP contribution in [0.4, 0.5) is 0 Å². The Morgan fingerprint density at radius 1 is 1.27 bits per heavy atom. The number of rotatable bonds is 5. The summed E-state index contributed by atoms with van der Waals surface area (Å²) in [7, 11) is 0. The maximum Gasteiger partial charge on any atom is 0.326 e. The molecule has 5 aliphatic rings. The van der Waals surface area contributed by atoms with E-state index in [1.807, 2.05) is 6.26 Å². The van der Waals surface area contributed by atoms with Gasteiger partial charge in [0, 0.05) is 0 Å². The molecule has 1 heterocycles. The van der Waals surface area contributed by atoms with Crippen molar-refractivity contribution in [1.82, 2.24) is 4.90 Å². The van der Waals surface area contributed by atoms with Crippen molar-refractivity contribution in [2.75, 3.05) is 12.0 Å². The zero-order valence-electron chi connectivity index (χ0n) is 12.3. The first kappa shape index (κ1) is 14.3. The second-order valence-corrected chi connectivity index (χ2v) is 7.82. The number of carboxylic acid groups (broad SMARTS) is 1. The number of aliphatic carboxylic acids is 1. The van der Waals surface area contributed by atoms with E-state index in [1.54, 1.807) is 0 Å². The van der Waals surface area contributed by atoms with Crippen molar-refractivity contribution in [2.24, 2.45) is 35.5 Å². The second kappa shape index (κ2) is 4.85. The highest BCUT2D eigenvalue weighted by molar-refractivity contribution is 7.98. The topological polar surface area (TPSA) is 74.7 Å². The fourth-order valence-corrected chi connectivity index (χ4v) is 5.34. The molecule has 2 bridgehead atoms. The molecule has 0 aromatic carbocycles. The van der Waals surface area contributed by atoms with Crippen LogP contribution in [0, 0.1) is 35.5 Å². The van der Waals surface area contributed by atoms with Gasteiger partial charge in [0.1, 0.15) is 6.04 Å². The van der Waals surface area contributed by atoms with Gasteiger partial charge < -0.3 is 5.11 Å². The molecule has 6 heteroatoms. The number of nitrogens with zero attached hydrogens (tertiary/aromatic N) is 1. The van der Waals surface area contributed by atoms with E-state index < -0.39 is 12.0 Å². The predicted molar refractivity (Wildman–Crippen MR) is 81.0 cm³/mol. The number of carboxylic acids is 1. The lowest BCUT2D eigenvalue weighted by Gasteiger charge is -2.37. The zero-order valence-corrected chi connectivity index (χ0v) is 13.2. The van der Waals surface area contributed by atoms with E-state index in [2.05, 4.69) is 12.2 Å². The van der Waals surface area contributed by atoms with Crippen LogP contribution in [0.3, 0.4) is 0 Å². The van der Waals surface area contributed by atoms with Crippen molar-refractivity contribution in [3.05, 3.63) is 12.2 Å². The monoisotopic (exact) mass is 321 g/mol. The molecule has 5 nitrogen and oxygen atoms in total. The van der Waals surface area contributed by atoms with Gasteiger partial charge in [0.05, 0.1) is 11.8 Å². The third kappa shape index (κ3) is 1.76. The Bertz CT molecular complexity index is 553. The first-order chi connectivity index (χ1) is 10.6. The number of amides is 2. The van der Waals surface area contributed by atoms with Gasteiger partial charge in [-0.2, -0.15) is 11.8 Å². The number of hydrogen-bond donors (Lipinski definition) is 1. The summed E-state index contributed by atoms with van der Waals surface area (Å²) in [5.74, 6) is -0.150. The fraction of sp³-hybridized carbons (Fsp3) is 0.688. The van der Waals surface area contributed by atoms with Crippen LogP contribution in [0.1, 0.15) is 12.8 Å². The van der Waals surface area contributed by atoms with Gasteiger partial charge in [-0.1, -0.05) is 12.2 Å². The zero-order chi connectivity index (χ0) is 15.6. The molecule has 1 aliphatic heterocycles. The van der Waals surface area contributed by atoms with Crippen LogP contribution >= 0.6 is 11.8 Å². The molecule has 2 amide bonds. The van der Waals surface area contributed by atoms with Crippen LogP contribution in [0.25, 0.3) is 0 Å². The summed E-state index contributed by atoms with van der Waals surface area (Å²) in [5.41, 5.74) is 0. The molecule has 118 valence electrons. The van der Waals surface area contributed by atoms with Crippen LogP contribution in [-0.4, -0.2) is 45.8 Å². The molecule has 0 spiro atoms. The molecule has 5 rings (SSSR count). The minimum Gasteiger partial charge on any atom is -0.480 e. The van der Waals surface area contributed by atoms with E-state index in [-0.39, 0.29) is 35.5 Å². The van der Waals surface area contributed by atoms with E-state index in [0.29, 0.717) is 24.0 Å². The van der Waals surface area contributed by atoms with Crippen molar-refractivity contribution in [3.63, 3.8) is 0 Å². The number of likely N-dealkylation sites (tertiary alicyclic amines) is 1. The van der Waals surface area contributed by atoms with E-state index >= 15 is 0 Å². The SMILES string of the molecule is CSCC[C@H](C(=O)O)N1C(=O)[C@@H]2[C@H]3C=C[C@@H]([C@@H]4C[C@@H]34)[C@H]2C1=O. The first-order valence-corrected chi connectivity index (χ1v) is 9.22. The normalized spacial score (nSPS) is 42.3. The third-order valence-electron chi connectivity index (χ3n) is 5.89. The van der Waals surface area contributed by atoms with Crippen molar-refractivity contribution in [2.45, 2.75) is 18.9 Å². The van der Waals surface area contributed by atoms with Crippen molar-refractivity contribution in [3.8, 4) is 0 Å². The average molecular weight is 321 g/mol. The molecule has 22 heavy (non-hydrogen) atoms. The summed E-state index contributed by atoms with van der Waals surface area (Å²) in [5, 5.41) is 9.47. The smallest absolute Gasteiger partial charge is 0.326 e. The van der Waals surface area contributed by atoms with Gasteiger partial charge in [0.15, 0.2) is 0 Å². The predicted octanol–water partition coefficient (Wildman–Crippen LogP) is 1.25. The van der Waals surface area contributed by atoms with E-state index in [4.69, 9.17) is 0 Å².